The molecular weight excluding hydrogens is 789 g/mol. The van der Waals surface area contributed by atoms with Crippen LogP contribution in [0.15, 0.2) is 255 Å². The Kier molecular flexibility index (Phi) is 9.50. The first-order chi connectivity index (χ1) is 32.2. The highest BCUT2D eigenvalue weighted by molar-refractivity contribution is 6.09. The highest BCUT2D eigenvalue weighted by Crippen LogP contribution is 2.57. The molecule has 1 aliphatic rings. The van der Waals surface area contributed by atoms with Crippen molar-refractivity contribution in [2.45, 2.75) is 0 Å². The molecule has 3 nitrogen and oxygen atoms in total. The van der Waals surface area contributed by atoms with E-state index >= 15 is 0 Å². The number of anilines is 6. The Hall–Kier alpha value is -8.66. The Balaban J connectivity index is 1.04. The van der Waals surface area contributed by atoms with Gasteiger partial charge in [-0.3, -0.25) is 0 Å². The van der Waals surface area contributed by atoms with Gasteiger partial charge in [-0.2, -0.15) is 0 Å². The summed E-state index contributed by atoms with van der Waals surface area (Å²) in [6.45, 7) is 0. The number of hydrogen-bond donors (Lipinski definition) is 0. The van der Waals surface area contributed by atoms with Gasteiger partial charge in [-0.25, -0.2) is 0 Å². The molecule has 11 aromatic carbocycles. The highest BCUT2D eigenvalue weighted by atomic mass is 16.5. The normalized spacial score (nSPS) is 11.5. The average molecular weight is 831 g/mol. The smallest absolute Gasteiger partial charge is 0.160 e. The summed E-state index contributed by atoms with van der Waals surface area (Å²) in [5.74, 6) is 1.62. The molecule has 0 aliphatic carbocycles. The molecule has 12 rings (SSSR count). The molecule has 11 aromatic rings. The van der Waals surface area contributed by atoms with Crippen LogP contribution in [0.2, 0.25) is 0 Å². The Morgan fingerprint density at radius 3 is 1.20 bits per heavy atom. The second-order valence-electron chi connectivity index (χ2n) is 16.5. The lowest BCUT2D eigenvalue weighted by molar-refractivity contribution is 0.489. The van der Waals surface area contributed by atoms with Crippen LogP contribution in [0, 0.1) is 0 Å². The predicted molar refractivity (Wildman–Crippen MR) is 273 cm³/mol. The minimum Gasteiger partial charge on any atom is -0.452 e. The van der Waals surface area contributed by atoms with Gasteiger partial charge in [0, 0.05) is 33.7 Å². The Bertz CT molecular complexity index is 3390. The number of rotatable bonds is 9. The van der Waals surface area contributed by atoms with Crippen molar-refractivity contribution in [2.24, 2.45) is 0 Å². The molecule has 0 radical (unpaired) electrons. The molecule has 0 atom stereocenters. The van der Waals surface area contributed by atoms with Crippen LogP contribution < -0.4 is 14.5 Å². The molecule has 0 saturated heterocycles. The van der Waals surface area contributed by atoms with Crippen LogP contribution in [0.1, 0.15) is 0 Å². The van der Waals surface area contributed by atoms with Crippen LogP contribution in [-0.2, 0) is 0 Å². The van der Waals surface area contributed by atoms with Crippen molar-refractivity contribution in [1.29, 1.82) is 0 Å². The number of para-hydroxylation sites is 1. The van der Waals surface area contributed by atoms with Gasteiger partial charge < -0.3 is 14.5 Å². The lowest BCUT2D eigenvalue weighted by atomic mass is 9.92. The van der Waals surface area contributed by atoms with Gasteiger partial charge >= 0.3 is 0 Å². The van der Waals surface area contributed by atoms with E-state index < -0.39 is 0 Å². The second kappa shape index (κ2) is 16.2. The first-order valence-electron chi connectivity index (χ1n) is 22.2. The van der Waals surface area contributed by atoms with E-state index in [9.17, 15) is 0 Å². The fourth-order valence-corrected chi connectivity index (χ4v) is 9.43. The number of benzene rings is 11. The molecule has 0 saturated carbocycles. The zero-order valence-corrected chi connectivity index (χ0v) is 35.6. The van der Waals surface area contributed by atoms with E-state index in [0.29, 0.717) is 0 Å². The van der Waals surface area contributed by atoms with Crippen LogP contribution >= 0.6 is 0 Å². The lowest BCUT2D eigenvalue weighted by Crippen LogP contribution is -2.14. The topological polar surface area (TPSA) is 15.7 Å². The summed E-state index contributed by atoms with van der Waals surface area (Å²) in [5.41, 5.74) is 15.3. The van der Waals surface area contributed by atoms with Crippen molar-refractivity contribution < 1.29 is 4.74 Å². The van der Waals surface area contributed by atoms with Crippen LogP contribution in [0.5, 0.6) is 11.5 Å². The summed E-state index contributed by atoms with van der Waals surface area (Å²) >= 11 is 0. The van der Waals surface area contributed by atoms with Crippen molar-refractivity contribution in [2.75, 3.05) is 9.80 Å². The third-order valence-electron chi connectivity index (χ3n) is 12.6. The van der Waals surface area contributed by atoms with E-state index in [1.54, 1.807) is 0 Å². The summed E-state index contributed by atoms with van der Waals surface area (Å²) in [7, 11) is 0. The molecule has 1 heterocycles. The van der Waals surface area contributed by atoms with Crippen molar-refractivity contribution in [3.8, 4) is 56.0 Å². The largest absolute Gasteiger partial charge is 0.452 e. The first-order valence-corrected chi connectivity index (χ1v) is 22.2. The van der Waals surface area contributed by atoms with E-state index in [4.69, 9.17) is 4.74 Å². The number of ether oxygens (including phenoxy) is 1. The third-order valence-corrected chi connectivity index (χ3v) is 12.6. The standard InChI is InChI=1S/C62H42N2O/c1-4-14-43(15-5-1)47-26-34-52(35-27-47)63(53-36-28-48(29-37-53)44-16-6-2-7-17-44)58-25-13-24-57-56-23-12-22-50-33-41-59(62(60(50)56)65-61(57)58)64(55-40-32-46-20-10-11-21-51(46)42-55)54-38-30-49(31-39-54)45-18-8-3-9-19-45/h1-42H. The number of hydrogen-bond acceptors (Lipinski definition) is 3. The molecular formula is C62H42N2O. The second-order valence-corrected chi connectivity index (χ2v) is 16.5. The fourth-order valence-electron chi connectivity index (χ4n) is 9.43. The molecule has 0 fully saturated rings. The van der Waals surface area contributed by atoms with Crippen molar-refractivity contribution >= 4 is 55.7 Å². The minimum absolute atomic E-state index is 0.803. The maximum Gasteiger partial charge on any atom is 0.160 e. The molecule has 1 aliphatic heterocycles. The van der Waals surface area contributed by atoms with Gasteiger partial charge in [0.05, 0.1) is 11.4 Å². The summed E-state index contributed by atoms with van der Waals surface area (Å²) in [6, 6.07) is 91.1. The molecule has 0 bridgehead atoms. The van der Waals surface area contributed by atoms with Crippen LogP contribution in [0.4, 0.5) is 34.1 Å². The van der Waals surface area contributed by atoms with Gasteiger partial charge in [0.1, 0.15) is 0 Å². The SMILES string of the molecule is c1ccc(-c2ccc(N(c3ccc(-c4ccccc4)cc3)c3cccc4c3Oc3c(N(c5ccc(-c6ccccc6)cc5)c5ccc6ccccc6c5)ccc5cccc-4c35)cc2)cc1. The summed E-state index contributed by atoms with van der Waals surface area (Å²) in [5, 5.41) is 4.58. The molecule has 65 heavy (non-hydrogen) atoms. The van der Waals surface area contributed by atoms with Crippen molar-refractivity contribution in [3.05, 3.63) is 255 Å². The molecule has 3 heteroatoms. The van der Waals surface area contributed by atoms with E-state index in [-0.39, 0.29) is 0 Å². The predicted octanol–water partition coefficient (Wildman–Crippen LogP) is 17.7. The van der Waals surface area contributed by atoms with E-state index in [1.807, 2.05) is 0 Å². The number of fused-ring (bicyclic) bond motifs is 3. The molecule has 0 amide bonds. The average Bonchev–Trinajstić information content (AvgIpc) is 3.39. The van der Waals surface area contributed by atoms with E-state index in [1.165, 1.54) is 33.0 Å². The molecule has 0 N–H and O–H groups in total. The maximum absolute atomic E-state index is 7.54. The zero-order valence-electron chi connectivity index (χ0n) is 35.6. The molecule has 0 spiro atoms. The van der Waals surface area contributed by atoms with Gasteiger partial charge in [0.25, 0.3) is 0 Å². The quantitative estimate of drug-likeness (QED) is 0.144. The zero-order chi connectivity index (χ0) is 43.1. The van der Waals surface area contributed by atoms with Gasteiger partial charge in [-0.05, 0) is 116 Å². The van der Waals surface area contributed by atoms with Gasteiger partial charge in [-0.15, -0.1) is 0 Å². The summed E-state index contributed by atoms with van der Waals surface area (Å²) in [6.07, 6.45) is 0. The van der Waals surface area contributed by atoms with Gasteiger partial charge in [0.2, 0.25) is 0 Å². The Labute approximate surface area is 379 Å². The van der Waals surface area contributed by atoms with E-state index in [2.05, 4.69) is 265 Å². The molecule has 0 aromatic heterocycles. The Morgan fingerprint density at radius 2 is 0.646 bits per heavy atom. The highest BCUT2D eigenvalue weighted by Gasteiger charge is 2.30. The van der Waals surface area contributed by atoms with Gasteiger partial charge in [-0.1, -0.05) is 194 Å². The fraction of sp³-hybridized carbons (Fsp3) is 0. The van der Waals surface area contributed by atoms with Crippen molar-refractivity contribution in [1.82, 2.24) is 0 Å². The summed E-state index contributed by atoms with van der Waals surface area (Å²) in [4.78, 5) is 4.68. The minimum atomic E-state index is 0.803. The number of nitrogens with zero attached hydrogens (tertiary/aromatic N) is 2. The van der Waals surface area contributed by atoms with Crippen LogP contribution in [0.3, 0.4) is 0 Å². The first kappa shape index (κ1) is 38.0. The van der Waals surface area contributed by atoms with Crippen LogP contribution in [-0.4, -0.2) is 0 Å². The Morgan fingerprint density at radius 1 is 0.246 bits per heavy atom. The monoisotopic (exact) mass is 830 g/mol. The molecule has 0 unspecified atom stereocenters. The van der Waals surface area contributed by atoms with E-state index in [0.717, 1.165) is 78.6 Å². The third kappa shape index (κ3) is 6.97. The van der Waals surface area contributed by atoms with Gasteiger partial charge in [0.15, 0.2) is 11.5 Å². The maximum atomic E-state index is 7.54. The van der Waals surface area contributed by atoms with Crippen molar-refractivity contribution in [3.63, 3.8) is 0 Å². The van der Waals surface area contributed by atoms with Crippen LogP contribution in [0.25, 0.3) is 66.1 Å². The molecule has 306 valence electrons. The lowest BCUT2D eigenvalue weighted by Gasteiger charge is -2.33. The summed E-state index contributed by atoms with van der Waals surface area (Å²) < 4.78 is 7.54.